The van der Waals surface area contributed by atoms with E-state index in [2.05, 4.69) is 5.32 Å². The number of likely N-dealkylation sites (tertiary alicyclic amines) is 1. The molecule has 36 heavy (non-hydrogen) atoms. The maximum Gasteiger partial charge on any atom is 0.408 e. The van der Waals surface area contributed by atoms with Gasteiger partial charge < -0.3 is 34.6 Å². The maximum absolute atomic E-state index is 13.2. The number of aromatic hydroxyl groups is 2. The van der Waals surface area contributed by atoms with Gasteiger partial charge in [-0.2, -0.15) is 0 Å². The Labute approximate surface area is 209 Å². The molecule has 2 atom stereocenters. The van der Waals surface area contributed by atoms with Crippen LogP contribution in [0.4, 0.5) is 4.79 Å². The van der Waals surface area contributed by atoms with Crippen molar-refractivity contribution in [2.75, 3.05) is 14.2 Å². The predicted molar refractivity (Wildman–Crippen MR) is 132 cm³/mol. The third kappa shape index (κ3) is 4.71. The van der Waals surface area contributed by atoms with Crippen LogP contribution in [0.5, 0.6) is 23.3 Å². The summed E-state index contributed by atoms with van der Waals surface area (Å²) in [6.07, 6.45) is -0.723. The molecule has 1 aliphatic heterocycles. The number of carbonyl (C=O) groups is 2. The molecule has 1 saturated heterocycles. The number of rotatable bonds is 7. The molecule has 2 heterocycles. The molecule has 2 aromatic carbocycles. The second-order valence-electron chi connectivity index (χ2n) is 9.64. The van der Waals surface area contributed by atoms with Gasteiger partial charge >= 0.3 is 6.09 Å². The number of ether oxygens (including phenoxy) is 3. The molecule has 1 aliphatic rings. The summed E-state index contributed by atoms with van der Waals surface area (Å²) in [4.78, 5) is 27.2. The summed E-state index contributed by atoms with van der Waals surface area (Å²) in [7, 11) is 3.08. The minimum absolute atomic E-state index is 0.0387. The van der Waals surface area contributed by atoms with Gasteiger partial charge in [0.25, 0.3) is 0 Å². The fraction of sp³-hybridized carbons (Fsp3) is 0.385. The first-order valence-corrected chi connectivity index (χ1v) is 11.5. The van der Waals surface area contributed by atoms with Gasteiger partial charge in [-0.1, -0.05) is 12.1 Å². The number of methoxy groups -OCH3 is 2. The second-order valence-corrected chi connectivity index (χ2v) is 9.64. The molecule has 0 saturated carbocycles. The molecule has 2 amide bonds. The highest BCUT2D eigenvalue weighted by Crippen LogP contribution is 2.38. The Bertz CT molecular complexity index is 1260. The van der Waals surface area contributed by atoms with E-state index in [0.717, 1.165) is 5.56 Å². The van der Waals surface area contributed by atoms with Crippen molar-refractivity contribution in [2.45, 2.75) is 51.5 Å². The number of β-lactam (4-membered cyclic amide) rings is 1. The number of aromatic nitrogens is 1. The van der Waals surface area contributed by atoms with Crippen LogP contribution in [0, 0.1) is 0 Å². The molecular weight excluding hydrogens is 466 g/mol. The average molecular weight is 498 g/mol. The lowest BCUT2D eigenvalue weighted by Crippen LogP contribution is -2.71. The van der Waals surface area contributed by atoms with Crippen molar-refractivity contribution < 1.29 is 34.0 Å². The molecule has 0 radical (unpaired) electrons. The van der Waals surface area contributed by atoms with Gasteiger partial charge in [-0.15, -0.1) is 0 Å². The summed E-state index contributed by atoms with van der Waals surface area (Å²) in [5, 5.41) is 25.2. The molecule has 10 nitrogen and oxygen atoms in total. The zero-order chi connectivity index (χ0) is 26.2. The van der Waals surface area contributed by atoms with Crippen molar-refractivity contribution in [3.63, 3.8) is 0 Å². The predicted octanol–water partition coefficient (Wildman–Crippen LogP) is 3.37. The Morgan fingerprint density at radius 1 is 1.03 bits per heavy atom. The SMILES string of the molecule is COc1ccc(CN2C(=O)C(NC(=O)OC(C)(C)C)C2Cn2c(O)c3ccccc3c2O)c(OC)c1. The second kappa shape index (κ2) is 9.52. The molecule has 3 N–H and O–H groups in total. The molecule has 0 spiro atoms. The topological polar surface area (TPSA) is 122 Å². The smallest absolute Gasteiger partial charge is 0.408 e. The van der Waals surface area contributed by atoms with E-state index in [9.17, 15) is 19.8 Å². The molecule has 1 fully saturated rings. The summed E-state index contributed by atoms with van der Waals surface area (Å²) in [5.41, 5.74) is -0.00417. The van der Waals surface area contributed by atoms with Crippen molar-refractivity contribution in [2.24, 2.45) is 0 Å². The zero-order valence-corrected chi connectivity index (χ0v) is 20.9. The number of nitrogens with one attached hydrogen (secondary N) is 1. The van der Waals surface area contributed by atoms with Crippen LogP contribution in [-0.4, -0.2) is 63.6 Å². The molecule has 0 aliphatic carbocycles. The molecule has 0 bridgehead atoms. The van der Waals surface area contributed by atoms with Crippen LogP contribution >= 0.6 is 0 Å². The molecule has 3 aromatic rings. The summed E-state index contributed by atoms with van der Waals surface area (Å²) >= 11 is 0. The van der Waals surface area contributed by atoms with E-state index in [1.165, 1.54) is 11.7 Å². The van der Waals surface area contributed by atoms with Crippen molar-refractivity contribution in [3.05, 3.63) is 48.0 Å². The van der Waals surface area contributed by atoms with Gasteiger partial charge in [-0.05, 0) is 45.0 Å². The number of benzene rings is 2. The zero-order valence-electron chi connectivity index (χ0n) is 20.9. The Balaban J connectivity index is 1.65. The molecule has 10 heteroatoms. The molecule has 4 rings (SSSR count). The van der Waals surface area contributed by atoms with Gasteiger partial charge in [0.1, 0.15) is 23.1 Å². The number of hydrogen-bond donors (Lipinski definition) is 3. The number of carbonyl (C=O) groups excluding carboxylic acids is 2. The van der Waals surface area contributed by atoms with E-state index < -0.39 is 23.8 Å². The first-order chi connectivity index (χ1) is 17.0. The van der Waals surface area contributed by atoms with E-state index in [-0.39, 0.29) is 30.8 Å². The van der Waals surface area contributed by atoms with E-state index in [4.69, 9.17) is 14.2 Å². The van der Waals surface area contributed by atoms with Crippen molar-refractivity contribution in [3.8, 4) is 23.3 Å². The number of nitrogens with zero attached hydrogens (tertiary/aromatic N) is 2. The number of fused-ring (bicyclic) bond motifs is 1. The van der Waals surface area contributed by atoms with E-state index in [0.29, 0.717) is 22.3 Å². The Hall–Kier alpha value is -4.08. The number of alkyl carbamates (subject to hydrolysis) is 1. The average Bonchev–Trinajstić information content (AvgIpc) is 3.08. The van der Waals surface area contributed by atoms with Gasteiger partial charge in [0.15, 0.2) is 0 Å². The van der Waals surface area contributed by atoms with Gasteiger partial charge in [-0.3, -0.25) is 9.36 Å². The summed E-state index contributed by atoms with van der Waals surface area (Å²) in [6.45, 7) is 5.42. The molecule has 192 valence electrons. The van der Waals surface area contributed by atoms with Crippen LogP contribution < -0.4 is 14.8 Å². The minimum Gasteiger partial charge on any atom is -0.497 e. The lowest BCUT2D eigenvalue weighted by Gasteiger charge is -2.47. The van der Waals surface area contributed by atoms with Gasteiger partial charge in [0.2, 0.25) is 17.7 Å². The minimum atomic E-state index is -0.909. The van der Waals surface area contributed by atoms with Crippen LogP contribution in [0.3, 0.4) is 0 Å². The fourth-order valence-electron chi connectivity index (χ4n) is 4.39. The highest BCUT2D eigenvalue weighted by atomic mass is 16.6. The first kappa shape index (κ1) is 25.0. The van der Waals surface area contributed by atoms with Crippen LogP contribution in [0.15, 0.2) is 42.5 Å². The van der Waals surface area contributed by atoms with Crippen LogP contribution in [0.25, 0.3) is 10.8 Å². The lowest BCUT2D eigenvalue weighted by molar-refractivity contribution is -0.153. The molecule has 1 aromatic heterocycles. The third-order valence-electron chi connectivity index (χ3n) is 6.13. The fourth-order valence-corrected chi connectivity index (χ4v) is 4.39. The third-order valence-corrected chi connectivity index (χ3v) is 6.13. The van der Waals surface area contributed by atoms with Gasteiger partial charge in [-0.25, -0.2) is 4.79 Å². The number of hydrogen-bond acceptors (Lipinski definition) is 7. The standard InChI is InChI=1S/C26H31N3O7/c1-26(2,3)36-25(33)27-21-19(14-29-22(30)17-8-6-7-9-18(17)23(29)31)28(24(21)32)13-15-10-11-16(34-4)12-20(15)35-5/h6-12,19,21,30-31H,13-14H2,1-5H3,(H,27,33). The monoisotopic (exact) mass is 497 g/mol. The summed E-state index contributed by atoms with van der Waals surface area (Å²) in [6, 6.07) is 10.7. The van der Waals surface area contributed by atoms with Crippen LogP contribution in [0.1, 0.15) is 26.3 Å². The van der Waals surface area contributed by atoms with Crippen molar-refractivity contribution in [1.82, 2.24) is 14.8 Å². The van der Waals surface area contributed by atoms with Gasteiger partial charge in [0, 0.05) is 28.9 Å². The van der Waals surface area contributed by atoms with Crippen LogP contribution in [-0.2, 0) is 22.6 Å². The Morgan fingerprint density at radius 3 is 2.22 bits per heavy atom. The number of amides is 2. The normalized spacial score (nSPS) is 17.6. The Kier molecular flexibility index (Phi) is 6.62. The van der Waals surface area contributed by atoms with E-state index in [1.807, 2.05) is 0 Å². The van der Waals surface area contributed by atoms with Crippen molar-refractivity contribution >= 4 is 22.8 Å². The highest BCUT2D eigenvalue weighted by molar-refractivity contribution is 5.94. The largest absolute Gasteiger partial charge is 0.497 e. The van der Waals surface area contributed by atoms with E-state index >= 15 is 0 Å². The molecule has 2 unspecified atom stereocenters. The van der Waals surface area contributed by atoms with E-state index in [1.54, 1.807) is 75.2 Å². The summed E-state index contributed by atoms with van der Waals surface area (Å²) in [5.74, 6) is 0.586. The van der Waals surface area contributed by atoms with Crippen molar-refractivity contribution in [1.29, 1.82) is 0 Å². The quantitative estimate of drug-likeness (QED) is 0.428. The molecular formula is C26H31N3O7. The first-order valence-electron chi connectivity index (χ1n) is 11.5. The Morgan fingerprint density at radius 2 is 1.67 bits per heavy atom. The summed E-state index contributed by atoms with van der Waals surface area (Å²) < 4.78 is 17.4. The lowest BCUT2D eigenvalue weighted by atomic mass is 9.93. The van der Waals surface area contributed by atoms with Crippen LogP contribution in [0.2, 0.25) is 0 Å². The maximum atomic E-state index is 13.2. The van der Waals surface area contributed by atoms with Gasteiger partial charge in [0.05, 0.1) is 26.8 Å². The highest BCUT2D eigenvalue weighted by Gasteiger charge is 2.49.